The fourth-order valence-corrected chi connectivity index (χ4v) is 4.65. The van der Waals surface area contributed by atoms with Crippen LogP contribution in [0, 0.1) is 5.82 Å². The van der Waals surface area contributed by atoms with Crippen LogP contribution in [0.15, 0.2) is 69.6 Å². The summed E-state index contributed by atoms with van der Waals surface area (Å²) in [6, 6.07) is 12.4. The molecule has 0 saturated carbocycles. The zero-order chi connectivity index (χ0) is 22.1. The Labute approximate surface area is 186 Å². The summed E-state index contributed by atoms with van der Waals surface area (Å²) in [5.74, 6) is -0.960. The van der Waals surface area contributed by atoms with Crippen LogP contribution in [0.25, 0.3) is 6.08 Å². The van der Waals surface area contributed by atoms with Crippen LogP contribution >= 0.6 is 22.9 Å². The van der Waals surface area contributed by atoms with Crippen molar-refractivity contribution in [2.45, 2.75) is 19.9 Å². The minimum absolute atomic E-state index is 0.195. The maximum Gasteiger partial charge on any atom is 0.338 e. The van der Waals surface area contributed by atoms with Crippen LogP contribution in [-0.2, 0) is 9.53 Å². The van der Waals surface area contributed by atoms with E-state index in [1.54, 1.807) is 56.3 Å². The SMILES string of the molecule is CCOC(=O)C1=C(C)N=c2s/c(=C\c3ccccc3F)c(=O)n2[C@@H]1c1ccc(Cl)cc1. The van der Waals surface area contributed by atoms with Crippen molar-refractivity contribution in [3.8, 4) is 0 Å². The van der Waals surface area contributed by atoms with Gasteiger partial charge in [0, 0.05) is 10.6 Å². The Hall–Kier alpha value is -3.03. The van der Waals surface area contributed by atoms with Gasteiger partial charge in [-0.3, -0.25) is 9.36 Å². The number of halogens is 2. The summed E-state index contributed by atoms with van der Waals surface area (Å²) in [5, 5.41) is 0.536. The number of benzene rings is 2. The van der Waals surface area contributed by atoms with Gasteiger partial charge in [0.25, 0.3) is 5.56 Å². The van der Waals surface area contributed by atoms with E-state index < -0.39 is 17.8 Å². The molecule has 1 aliphatic rings. The molecule has 0 unspecified atom stereocenters. The summed E-state index contributed by atoms with van der Waals surface area (Å²) in [4.78, 5) is 31.1. The number of ether oxygens (including phenoxy) is 1. The van der Waals surface area contributed by atoms with Crippen LogP contribution in [0.4, 0.5) is 4.39 Å². The van der Waals surface area contributed by atoms with Gasteiger partial charge in [-0.1, -0.05) is 53.3 Å². The molecule has 1 aliphatic heterocycles. The normalized spacial score (nSPS) is 16.1. The van der Waals surface area contributed by atoms with Crippen LogP contribution < -0.4 is 14.9 Å². The molecule has 31 heavy (non-hydrogen) atoms. The largest absolute Gasteiger partial charge is 0.463 e. The topological polar surface area (TPSA) is 60.7 Å². The first-order chi connectivity index (χ1) is 14.9. The Morgan fingerprint density at radius 3 is 2.65 bits per heavy atom. The lowest BCUT2D eigenvalue weighted by atomic mass is 9.96. The van der Waals surface area contributed by atoms with Crippen molar-refractivity contribution in [3.05, 3.63) is 101 Å². The van der Waals surface area contributed by atoms with E-state index in [4.69, 9.17) is 16.3 Å². The quantitative estimate of drug-likeness (QED) is 0.564. The summed E-state index contributed by atoms with van der Waals surface area (Å²) >= 11 is 7.19. The van der Waals surface area contributed by atoms with Gasteiger partial charge in [0.05, 0.1) is 28.5 Å². The zero-order valence-corrected chi connectivity index (χ0v) is 18.3. The number of carbonyl (C=O) groups excluding carboxylic acids is 1. The summed E-state index contributed by atoms with van der Waals surface area (Å²) in [6.07, 6.45) is 1.50. The van der Waals surface area contributed by atoms with E-state index in [0.717, 1.165) is 11.3 Å². The van der Waals surface area contributed by atoms with E-state index in [2.05, 4.69) is 4.99 Å². The summed E-state index contributed by atoms with van der Waals surface area (Å²) in [7, 11) is 0. The molecule has 1 atom stereocenters. The van der Waals surface area contributed by atoms with Gasteiger partial charge in [0.1, 0.15) is 5.82 Å². The van der Waals surface area contributed by atoms with Crippen LogP contribution in [0.3, 0.4) is 0 Å². The molecule has 0 spiro atoms. The minimum Gasteiger partial charge on any atom is -0.463 e. The first kappa shape index (κ1) is 21.2. The highest BCUT2D eigenvalue weighted by molar-refractivity contribution is 7.07. The van der Waals surface area contributed by atoms with Gasteiger partial charge in [0.2, 0.25) is 0 Å². The molecule has 0 saturated heterocycles. The number of esters is 1. The number of aromatic nitrogens is 1. The highest BCUT2D eigenvalue weighted by Gasteiger charge is 2.33. The average molecular weight is 457 g/mol. The molecule has 3 aromatic rings. The Morgan fingerprint density at radius 2 is 1.97 bits per heavy atom. The monoisotopic (exact) mass is 456 g/mol. The van der Waals surface area contributed by atoms with Crippen LogP contribution in [0.1, 0.15) is 31.0 Å². The predicted molar refractivity (Wildman–Crippen MR) is 118 cm³/mol. The molecular weight excluding hydrogens is 439 g/mol. The number of fused-ring (bicyclic) bond motifs is 1. The second-order valence-electron chi connectivity index (χ2n) is 6.88. The molecular formula is C23H18ClFN2O3S. The maximum absolute atomic E-state index is 14.1. The van der Waals surface area contributed by atoms with Crippen LogP contribution in [-0.4, -0.2) is 17.1 Å². The number of hydrogen-bond acceptors (Lipinski definition) is 5. The van der Waals surface area contributed by atoms with E-state index in [-0.39, 0.29) is 17.7 Å². The Bertz CT molecular complexity index is 1370. The zero-order valence-electron chi connectivity index (χ0n) is 16.8. The van der Waals surface area contributed by atoms with E-state index in [1.165, 1.54) is 16.7 Å². The first-order valence-corrected chi connectivity index (χ1v) is 10.8. The molecule has 4 rings (SSSR count). The lowest BCUT2D eigenvalue weighted by molar-refractivity contribution is -0.139. The van der Waals surface area contributed by atoms with Crippen LogP contribution in [0.5, 0.6) is 0 Å². The summed E-state index contributed by atoms with van der Waals surface area (Å²) < 4.78 is 21.2. The molecule has 2 aromatic carbocycles. The lowest BCUT2D eigenvalue weighted by Crippen LogP contribution is -2.39. The standard InChI is InChI=1S/C23H18ClFN2O3S/c1-3-30-22(29)19-13(2)26-23-27(20(19)14-8-10-16(24)11-9-14)21(28)18(31-23)12-15-6-4-5-7-17(15)25/h4-12,20H,3H2,1-2H3/b18-12-/t20-/m1/s1. The molecule has 0 aliphatic carbocycles. The minimum atomic E-state index is -0.727. The van der Waals surface area contributed by atoms with Crippen LogP contribution in [0.2, 0.25) is 5.02 Å². The van der Waals surface area contributed by atoms with E-state index in [1.807, 2.05) is 0 Å². The fraction of sp³-hybridized carbons (Fsp3) is 0.174. The van der Waals surface area contributed by atoms with Gasteiger partial charge in [0.15, 0.2) is 4.80 Å². The van der Waals surface area contributed by atoms with Gasteiger partial charge in [-0.15, -0.1) is 0 Å². The lowest BCUT2D eigenvalue weighted by Gasteiger charge is -2.24. The third-order valence-corrected chi connectivity index (χ3v) is 6.13. The smallest absolute Gasteiger partial charge is 0.338 e. The fourth-order valence-electron chi connectivity index (χ4n) is 3.49. The van der Waals surface area contributed by atoms with E-state index in [0.29, 0.717) is 31.2 Å². The van der Waals surface area contributed by atoms with Gasteiger partial charge < -0.3 is 4.74 Å². The number of hydrogen-bond donors (Lipinski definition) is 0. The number of carbonyl (C=O) groups is 1. The third kappa shape index (κ3) is 3.98. The molecule has 0 N–H and O–H groups in total. The van der Waals surface area contributed by atoms with Crippen molar-refractivity contribution in [2.75, 3.05) is 6.61 Å². The first-order valence-electron chi connectivity index (χ1n) is 9.60. The van der Waals surface area contributed by atoms with Gasteiger partial charge in [-0.25, -0.2) is 14.2 Å². The van der Waals surface area contributed by atoms with Crippen molar-refractivity contribution in [1.82, 2.24) is 4.57 Å². The van der Waals surface area contributed by atoms with Gasteiger partial charge in [-0.05, 0) is 43.7 Å². The molecule has 0 bridgehead atoms. The average Bonchev–Trinajstić information content (AvgIpc) is 3.04. The third-order valence-electron chi connectivity index (χ3n) is 4.89. The molecule has 8 heteroatoms. The molecule has 2 heterocycles. The summed E-state index contributed by atoms with van der Waals surface area (Å²) in [6.45, 7) is 3.62. The highest BCUT2D eigenvalue weighted by atomic mass is 35.5. The van der Waals surface area contributed by atoms with Crippen molar-refractivity contribution >= 4 is 35.0 Å². The van der Waals surface area contributed by atoms with Crippen molar-refractivity contribution in [1.29, 1.82) is 0 Å². The van der Waals surface area contributed by atoms with Crippen molar-refractivity contribution in [3.63, 3.8) is 0 Å². The van der Waals surface area contributed by atoms with Crippen molar-refractivity contribution in [2.24, 2.45) is 4.99 Å². The molecule has 0 radical (unpaired) electrons. The molecule has 1 aromatic heterocycles. The molecule has 5 nitrogen and oxygen atoms in total. The molecule has 158 valence electrons. The Kier molecular flexibility index (Phi) is 5.89. The molecule has 0 fully saturated rings. The number of allylic oxidation sites excluding steroid dienone is 1. The number of nitrogens with zero attached hydrogens (tertiary/aromatic N) is 2. The van der Waals surface area contributed by atoms with Gasteiger partial charge >= 0.3 is 5.97 Å². The predicted octanol–water partition coefficient (Wildman–Crippen LogP) is 3.59. The second-order valence-corrected chi connectivity index (χ2v) is 8.32. The van der Waals surface area contributed by atoms with Crippen molar-refractivity contribution < 1.29 is 13.9 Å². The second kappa shape index (κ2) is 8.61. The Balaban J connectivity index is 1.97. The highest BCUT2D eigenvalue weighted by Crippen LogP contribution is 2.31. The van der Waals surface area contributed by atoms with E-state index >= 15 is 0 Å². The number of rotatable bonds is 4. The summed E-state index contributed by atoms with van der Waals surface area (Å²) in [5.41, 5.74) is 1.39. The molecule has 0 amide bonds. The van der Waals surface area contributed by atoms with E-state index in [9.17, 15) is 14.0 Å². The Morgan fingerprint density at radius 1 is 1.26 bits per heavy atom. The van der Waals surface area contributed by atoms with Gasteiger partial charge in [-0.2, -0.15) is 0 Å². The maximum atomic E-state index is 14.1. The number of thiazole rings is 1.